The van der Waals surface area contributed by atoms with Crippen molar-refractivity contribution in [1.29, 1.82) is 0 Å². The molecule has 1 amide bonds. The van der Waals surface area contributed by atoms with Crippen LogP contribution in [0, 0.1) is 0 Å². The van der Waals surface area contributed by atoms with E-state index in [4.69, 9.17) is 5.73 Å². The summed E-state index contributed by atoms with van der Waals surface area (Å²) in [6.45, 7) is 4.21. The Labute approximate surface area is 93.1 Å². The number of aromatic nitrogens is 2. The molecule has 0 atom stereocenters. The highest BCUT2D eigenvalue weighted by molar-refractivity contribution is 7.15. The molecule has 5 nitrogen and oxygen atoms in total. The van der Waals surface area contributed by atoms with Crippen molar-refractivity contribution >= 4 is 22.4 Å². The number of anilines is 1. The molecule has 0 aliphatic carbocycles. The average molecular weight is 228 g/mol. The molecule has 0 spiro atoms. The number of nitrogens with one attached hydrogen (secondary N) is 1. The number of rotatable bonds is 5. The number of hydrogen-bond acceptors (Lipinski definition) is 5. The number of amides is 1. The molecule has 6 heteroatoms. The summed E-state index contributed by atoms with van der Waals surface area (Å²) >= 11 is 1.42. The fraction of sp³-hybridized carbons (Fsp3) is 0.667. The normalized spacial score (nSPS) is 10.7. The first-order valence-corrected chi connectivity index (χ1v) is 5.86. The second-order valence-electron chi connectivity index (χ2n) is 3.21. The summed E-state index contributed by atoms with van der Waals surface area (Å²) in [6.07, 6.45) is 2.08. The van der Waals surface area contributed by atoms with Gasteiger partial charge in [0.15, 0.2) is 0 Å². The molecule has 0 unspecified atom stereocenters. The predicted octanol–water partition coefficient (Wildman–Crippen LogP) is 1.34. The maximum absolute atomic E-state index is 11.0. The van der Waals surface area contributed by atoms with Gasteiger partial charge >= 0.3 is 0 Å². The minimum atomic E-state index is -0.234. The second-order valence-corrected chi connectivity index (χ2v) is 4.22. The lowest BCUT2D eigenvalue weighted by atomic mass is 10.1. The van der Waals surface area contributed by atoms with Gasteiger partial charge in [0.25, 0.3) is 0 Å². The number of carbonyl (C=O) groups is 1. The predicted molar refractivity (Wildman–Crippen MR) is 60.9 cm³/mol. The maximum atomic E-state index is 11.0. The molecule has 1 heterocycles. The van der Waals surface area contributed by atoms with Gasteiger partial charge in [-0.25, -0.2) is 0 Å². The molecule has 0 bridgehead atoms. The van der Waals surface area contributed by atoms with Crippen LogP contribution in [0.3, 0.4) is 0 Å². The van der Waals surface area contributed by atoms with E-state index in [9.17, 15) is 4.79 Å². The van der Waals surface area contributed by atoms with Crippen LogP contribution >= 0.6 is 11.3 Å². The topological polar surface area (TPSA) is 80.9 Å². The smallest absolute Gasteiger partial charge is 0.239 e. The van der Waals surface area contributed by atoms with Crippen molar-refractivity contribution in [3.8, 4) is 0 Å². The summed E-state index contributed by atoms with van der Waals surface area (Å²) in [5, 5.41) is 12.1. The van der Waals surface area contributed by atoms with E-state index in [1.165, 1.54) is 11.3 Å². The molecule has 0 saturated heterocycles. The Hall–Kier alpha value is -1.01. The Kier molecular flexibility index (Phi) is 4.64. The third kappa shape index (κ3) is 3.24. The van der Waals surface area contributed by atoms with E-state index in [2.05, 4.69) is 29.4 Å². The SMILES string of the molecule is CCC(CC)c1nnc(NC(=O)CN)s1. The summed E-state index contributed by atoms with van der Waals surface area (Å²) < 4.78 is 0. The molecule has 0 saturated carbocycles. The van der Waals surface area contributed by atoms with Crippen LogP contribution in [0.1, 0.15) is 37.6 Å². The van der Waals surface area contributed by atoms with Crippen LogP contribution in [0.2, 0.25) is 0 Å². The van der Waals surface area contributed by atoms with Gasteiger partial charge in [-0.2, -0.15) is 0 Å². The van der Waals surface area contributed by atoms with Crippen molar-refractivity contribution in [1.82, 2.24) is 10.2 Å². The van der Waals surface area contributed by atoms with Crippen LogP contribution in [0.4, 0.5) is 5.13 Å². The van der Waals surface area contributed by atoms with E-state index < -0.39 is 0 Å². The monoisotopic (exact) mass is 228 g/mol. The first-order chi connectivity index (χ1) is 7.21. The quantitative estimate of drug-likeness (QED) is 0.797. The van der Waals surface area contributed by atoms with E-state index in [0.717, 1.165) is 17.8 Å². The van der Waals surface area contributed by atoms with Crippen LogP contribution < -0.4 is 11.1 Å². The van der Waals surface area contributed by atoms with Crippen LogP contribution in [0.5, 0.6) is 0 Å². The lowest BCUT2D eigenvalue weighted by Crippen LogP contribution is -2.21. The van der Waals surface area contributed by atoms with Gasteiger partial charge in [0.2, 0.25) is 11.0 Å². The largest absolute Gasteiger partial charge is 0.322 e. The number of carbonyl (C=O) groups excluding carboxylic acids is 1. The van der Waals surface area contributed by atoms with Gasteiger partial charge in [0.05, 0.1) is 6.54 Å². The summed E-state index contributed by atoms with van der Waals surface area (Å²) in [7, 11) is 0. The molecule has 0 fully saturated rings. The van der Waals surface area contributed by atoms with Gasteiger partial charge in [-0.3, -0.25) is 10.1 Å². The Bertz CT molecular complexity index is 322. The molecule has 0 aliphatic rings. The van der Waals surface area contributed by atoms with E-state index in [0.29, 0.717) is 11.0 Å². The van der Waals surface area contributed by atoms with E-state index in [-0.39, 0.29) is 12.5 Å². The molecule has 15 heavy (non-hydrogen) atoms. The molecular weight excluding hydrogens is 212 g/mol. The number of nitrogens with zero attached hydrogens (tertiary/aromatic N) is 2. The molecule has 0 radical (unpaired) electrons. The third-order valence-electron chi connectivity index (χ3n) is 2.21. The third-order valence-corrected chi connectivity index (χ3v) is 3.21. The highest BCUT2D eigenvalue weighted by Gasteiger charge is 2.13. The lowest BCUT2D eigenvalue weighted by Gasteiger charge is -2.05. The van der Waals surface area contributed by atoms with Crippen molar-refractivity contribution < 1.29 is 4.79 Å². The summed E-state index contributed by atoms with van der Waals surface area (Å²) in [6, 6.07) is 0. The van der Waals surface area contributed by atoms with Crippen LogP contribution in [-0.4, -0.2) is 22.6 Å². The standard InChI is InChI=1S/C9H16N4OS/c1-3-6(4-2)8-12-13-9(15-8)11-7(14)5-10/h6H,3-5,10H2,1-2H3,(H,11,13,14). The molecular formula is C9H16N4OS. The lowest BCUT2D eigenvalue weighted by molar-refractivity contribution is -0.114. The Morgan fingerprint density at radius 3 is 2.67 bits per heavy atom. The van der Waals surface area contributed by atoms with E-state index in [1.807, 2.05) is 0 Å². The van der Waals surface area contributed by atoms with Crippen molar-refractivity contribution in [2.45, 2.75) is 32.6 Å². The number of hydrogen-bond donors (Lipinski definition) is 2. The number of nitrogens with two attached hydrogens (primary N) is 1. The van der Waals surface area contributed by atoms with Crippen LogP contribution in [0.15, 0.2) is 0 Å². The molecule has 0 aromatic carbocycles. The zero-order valence-corrected chi connectivity index (χ0v) is 9.80. The maximum Gasteiger partial charge on any atom is 0.239 e. The second kappa shape index (κ2) is 5.77. The van der Waals surface area contributed by atoms with Crippen molar-refractivity contribution in [3.05, 3.63) is 5.01 Å². The zero-order chi connectivity index (χ0) is 11.3. The molecule has 3 N–H and O–H groups in total. The van der Waals surface area contributed by atoms with E-state index in [1.54, 1.807) is 0 Å². The molecule has 0 aliphatic heterocycles. The molecule has 84 valence electrons. The van der Waals surface area contributed by atoms with Gasteiger partial charge in [0.1, 0.15) is 5.01 Å². The summed E-state index contributed by atoms with van der Waals surface area (Å²) in [5.41, 5.74) is 5.18. The molecule has 1 aromatic rings. The molecule has 1 rings (SSSR count). The average Bonchev–Trinajstić information content (AvgIpc) is 2.68. The van der Waals surface area contributed by atoms with Crippen LogP contribution in [-0.2, 0) is 4.79 Å². The van der Waals surface area contributed by atoms with Crippen molar-refractivity contribution in [2.75, 3.05) is 11.9 Å². The minimum Gasteiger partial charge on any atom is -0.322 e. The fourth-order valence-electron chi connectivity index (χ4n) is 1.26. The fourth-order valence-corrected chi connectivity index (χ4v) is 2.28. The van der Waals surface area contributed by atoms with Gasteiger partial charge < -0.3 is 5.73 Å². The Morgan fingerprint density at radius 2 is 2.13 bits per heavy atom. The van der Waals surface area contributed by atoms with Crippen molar-refractivity contribution in [3.63, 3.8) is 0 Å². The van der Waals surface area contributed by atoms with Gasteiger partial charge in [-0.1, -0.05) is 25.2 Å². The Balaban J connectivity index is 2.67. The van der Waals surface area contributed by atoms with E-state index >= 15 is 0 Å². The Morgan fingerprint density at radius 1 is 1.47 bits per heavy atom. The van der Waals surface area contributed by atoms with Crippen molar-refractivity contribution in [2.24, 2.45) is 5.73 Å². The first-order valence-electron chi connectivity index (χ1n) is 5.04. The van der Waals surface area contributed by atoms with Gasteiger partial charge in [0, 0.05) is 5.92 Å². The van der Waals surface area contributed by atoms with Crippen LogP contribution in [0.25, 0.3) is 0 Å². The highest BCUT2D eigenvalue weighted by Crippen LogP contribution is 2.27. The highest BCUT2D eigenvalue weighted by atomic mass is 32.1. The minimum absolute atomic E-state index is 0.0279. The zero-order valence-electron chi connectivity index (χ0n) is 8.99. The molecule has 1 aromatic heterocycles. The summed E-state index contributed by atoms with van der Waals surface area (Å²) in [5.74, 6) is 0.202. The van der Waals surface area contributed by atoms with Gasteiger partial charge in [-0.05, 0) is 12.8 Å². The van der Waals surface area contributed by atoms with Gasteiger partial charge in [-0.15, -0.1) is 10.2 Å². The first kappa shape index (κ1) is 12.1. The summed E-state index contributed by atoms with van der Waals surface area (Å²) in [4.78, 5) is 11.0.